The Bertz CT molecular complexity index is 615. The van der Waals surface area contributed by atoms with E-state index in [4.69, 9.17) is 11.6 Å². The predicted octanol–water partition coefficient (Wildman–Crippen LogP) is 4.64. The van der Waals surface area contributed by atoms with Crippen molar-refractivity contribution in [2.24, 2.45) is 0 Å². The van der Waals surface area contributed by atoms with Crippen molar-refractivity contribution in [3.05, 3.63) is 41.3 Å². The summed E-state index contributed by atoms with van der Waals surface area (Å²) in [6.45, 7) is 6.19. The number of nitrogens with zero attached hydrogens (tertiary/aromatic N) is 3. The molecule has 1 heterocycles. The van der Waals surface area contributed by atoms with Crippen LogP contribution in [-0.4, -0.2) is 23.1 Å². The zero-order chi connectivity index (χ0) is 15.9. The van der Waals surface area contributed by atoms with Gasteiger partial charge in [-0.1, -0.05) is 25.4 Å². The lowest BCUT2D eigenvalue weighted by atomic mass is 10.3. The van der Waals surface area contributed by atoms with Crippen molar-refractivity contribution in [3.8, 4) is 0 Å². The molecule has 22 heavy (non-hydrogen) atoms. The minimum absolute atomic E-state index is 0.0692. The third-order valence-corrected chi connectivity index (χ3v) is 3.42. The van der Waals surface area contributed by atoms with Gasteiger partial charge in [-0.15, -0.1) is 0 Å². The smallest absolute Gasteiger partial charge is 0.229 e. The van der Waals surface area contributed by atoms with E-state index in [1.165, 1.54) is 12.1 Å². The Labute approximate surface area is 135 Å². The first-order valence-corrected chi connectivity index (χ1v) is 7.82. The first-order chi connectivity index (χ1) is 10.6. The number of rotatable bonds is 7. The fourth-order valence-electron chi connectivity index (χ4n) is 2.17. The summed E-state index contributed by atoms with van der Waals surface area (Å²) in [7, 11) is 0. The number of hydrogen-bond donors (Lipinski definition) is 1. The zero-order valence-corrected chi connectivity index (χ0v) is 13.6. The lowest BCUT2D eigenvalue weighted by Gasteiger charge is -2.22. The van der Waals surface area contributed by atoms with Gasteiger partial charge in [0, 0.05) is 25.0 Å². The Kier molecular flexibility index (Phi) is 5.95. The minimum Gasteiger partial charge on any atom is -0.356 e. The Balaban J connectivity index is 2.18. The summed E-state index contributed by atoms with van der Waals surface area (Å²) < 4.78 is 13.2. The Hall–Kier alpha value is -1.88. The maximum Gasteiger partial charge on any atom is 0.229 e. The zero-order valence-electron chi connectivity index (χ0n) is 12.8. The second kappa shape index (κ2) is 7.94. The summed E-state index contributed by atoms with van der Waals surface area (Å²) in [5.74, 6) is 0.908. The predicted molar refractivity (Wildman–Crippen MR) is 89.5 cm³/mol. The first-order valence-electron chi connectivity index (χ1n) is 7.44. The fraction of sp³-hybridized carbons (Fsp3) is 0.375. The van der Waals surface area contributed by atoms with Gasteiger partial charge in [-0.05, 0) is 37.1 Å². The highest BCUT2D eigenvalue weighted by atomic mass is 35.5. The standard InChI is InChI=1S/C16H20ClFN4/c1-3-9-22(10-4-2)15-7-8-19-16(21-15)20-12-5-6-14(18)13(17)11-12/h5-8,11H,3-4,9-10H2,1-2H3,(H,19,20,21). The van der Waals surface area contributed by atoms with Crippen molar-refractivity contribution in [2.75, 3.05) is 23.3 Å². The van der Waals surface area contributed by atoms with Crippen molar-refractivity contribution in [2.45, 2.75) is 26.7 Å². The molecule has 0 aliphatic rings. The topological polar surface area (TPSA) is 41.1 Å². The number of aromatic nitrogens is 2. The van der Waals surface area contributed by atoms with E-state index < -0.39 is 5.82 Å². The van der Waals surface area contributed by atoms with Crippen molar-refractivity contribution >= 4 is 29.1 Å². The van der Waals surface area contributed by atoms with Gasteiger partial charge in [-0.3, -0.25) is 0 Å². The molecule has 2 aromatic rings. The second-order valence-electron chi connectivity index (χ2n) is 4.98. The molecule has 0 spiro atoms. The summed E-state index contributed by atoms with van der Waals surface area (Å²) >= 11 is 5.78. The van der Waals surface area contributed by atoms with Crippen LogP contribution < -0.4 is 10.2 Å². The van der Waals surface area contributed by atoms with Gasteiger partial charge in [0.25, 0.3) is 0 Å². The highest BCUT2D eigenvalue weighted by Gasteiger charge is 2.08. The molecule has 0 amide bonds. The van der Waals surface area contributed by atoms with Crippen LogP contribution in [0.4, 0.5) is 21.8 Å². The molecular formula is C16H20ClFN4. The van der Waals surface area contributed by atoms with E-state index in [0.29, 0.717) is 11.6 Å². The SMILES string of the molecule is CCCN(CCC)c1ccnc(Nc2ccc(F)c(Cl)c2)n1. The average molecular weight is 323 g/mol. The van der Waals surface area contributed by atoms with E-state index in [-0.39, 0.29) is 5.02 Å². The van der Waals surface area contributed by atoms with Gasteiger partial charge < -0.3 is 10.2 Å². The molecule has 0 bridgehead atoms. The molecule has 0 saturated heterocycles. The van der Waals surface area contributed by atoms with E-state index in [2.05, 4.69) is 34.0 Å². The fourth-order valence-corrected chi connectivity index (χ4v) is 2.35. The molecule has 6 heteroatoms. The van der Waals surface area contributed by atoms with Gasteiger partial charge in [-0.2, -0.15) is 4.98 Å². The molecular weight excluding hydrogens is 303 g/mol. The van der Waals surface area contributed by atoms with Gasteiger partial charge in [0.15, 0.2) is 0 Å². The number of hydrogen-bond acceptors (Lipinski definition) is 4. The Morgan fingerprint density at radius 3 is 2.55 bits per heavy atom. The van der Waals surface area contributed by atoms with E-state index in [9.17, 15) is 4.39 Å². The molecule has 0 atom stereocenters. The van der Waals surface area contributed by atoms with Crippen molar-refractivity contribution in [1.29, 1.82) is 0 Å². The van der Waals surface area contributed by atoms with E-state index in [1.807, 2.05) is 6.07 Å². The molecule has 1 aromatic heterocycles. The van der Waals surface area contributed by atoms with Crippen LogP contribution in [0.15, 0.2) is 30.5 Å². The Morgan fingerprint density at radius 2 is 1.91 bits per heavy atom. The summed E-state index contributed by atoms with van der Waals surface area (Å²) in [5, 5.41) is 3.12. The second-order valence-corrected chi connectivity index (χ2v) is 5.39. The molecule has 4 nitrogen and oxygen atoms in total. The van der Waals surface area contributed by atoms with Gasteiger partial charge in [-0.25, -0.2) is 9.37 Å². The van der Waals surface area contributed by atoms with E-state index in [1.54, 1.807) is 12.3 Å². The van der Waals surface area contributed by atoms with E-state index in [0.717, 1.165) is 31.7 Å². The maximum absolute atomic E-state index is 13.2. The average Bonchev–Trinajstić information content (AvgIpc) is 2.51. The van der Waals surface area contributed by atoms with Gasteiger partial charge >= 0.3 is 0 Å². The largest absolute Gasteiger partial charge is 0.356 e. The number of halogens is 2. The number of benzene rings is 1. The molecule has 0 saturated carbocycles. The van der Waals surface area contributed by atoms with Gasteiger partial charge in [0.2, 0.25) is 5.95 Å². The molecule has 118 valence electrons. The summed E-state index contributed by atoms with van der Waals surface area (Å²) in [6.07, 6.45) is 3.83. The van der Waals surface area contributed by atoms with Crippen LogP contribution in [0, 0.1) is 5.82 Å². The number of nitrogens with one attached hydrogen (secondary N) is 1. The lowest BCUT2D eigenvalue weighted by molar-refractivity contribution is 0.628. The molecule has 0 fully saturated rings. The van der Waals surface area contributed by atoms with Crippen LogP contribution in [0.3, 0.4) is 0 Å². The normalized spacial score (nSPS) is 10.5. The summed E-state index contributed by atoms with van der Waals surface area (Å²) in [6, 6.07) is 6.33. The summed E-state index contributed by atoms with van der Waals surface area (Å²) in [5.41, 5.74) is 0.654. The molecule has 0 radical (unpaired) electrons. The van der Waals surface area contributed by atoms with E-state index >= 15 is 0 Å². The third kappa shape index (κ3) is 4.31. The third-order valence-electron chi connectivity index (χ3n) is 3.13. The van der Waals surface area contributed by atoms with Crippen LogP contribution >= 0.6 is 11.6 Å². The van der Waals surface area contributed by atoms with Crippen LogP contribution in [0.2, 0.25) is 5.02 Å². The lowest BCUT2D eigenvalue weighted by Crippen LogP contribution is -2.26. The molecule has 1 aromatic carbocycles. The van der Waals surface area contributed by atoms with Crippen LogP contribution in [0.1, 0.15) is 26.7 Å². The molecule has 0 unspecified atom stereocenters. The monoisotopic (exact) mass is 322 g/mol. The van der Waals surface area contributed by atoms with Crippen LogP contribution in [0.25, 0.3) is 0 Å². The Morgan fingerprint density at radius 1 is 1.18 bits per heavy atom. The molecule has 0 aliphatic carbocycles. The van der Waals surface area contributed by atoms with Crippen molar-refractivity contribution < 1.29 is 4.39 Å². The minimum atomic E-state index is -0.445. The molecule has 0 aliphatic heterocycles. The summed E-state index contributed by atoms with van der Waals surface area (Å²) in [4.78, 5) is 11.0. The first kappa shape index (κ1) is 16.5. The highest BCUT2D eigenvalue weighted by molar-refractivity contribution is 6.31. The van der Waals surface area contributed by atoms with Crippen molar-refractivity contribution in [3.63, 3.8) is 0 Å². The molecule has 1 N–H and O–H groups in total. The quantitative estimate of drug-likeness (QED) is 0.806. The van der Waals surface area contributed by atoms with Crippen LogP contribution in [-0.2, 0) is 0 Å². The van der Waals surface area contributed by atoms with Crippen molar-refractivity contribution in [1.82, 2.24) is 9.97 Å². The van der Waals surface area contributed by atoms with Gasteiger partial charge in [0.1, 0.15) is 11.6 Å². The van der Waals surface area contributed by atoms with Gasteiger partial charge in [0.05, 0.1) is 5.02 Å². The highest BCUT2D eigenvalue weighted by Crippen LogP contribution is 2.22. The number of anilines is 3. The molecule has 2 rings (SSSR count). The maximum atomic E-state index is 13.2. The van der Waals surface area contributed by atoms with Crippen LogP contribution in [0.5, 0.6) is 0 Å².